The Balaban J connectivity index is 3.86. The second-order valence-corrected chi connectivity index (χ2v) is 4.50. The topological polar surface area (TPSA) is 40.5 Å². The van der Waals surface area contributed by atoms with E-state index in [0.717, 1.165) is 19.3 Å². The lowest BCUT2D eigenvalue weighted by molar-refractivity contribution is -0.0509. The average Bonchev–Trinajstić information content (AvgIpc) is 2.13. The SMILES string of the molecule is C#CCC/C=C(\C)CC[C@@H](O)C(C)(C)O. The molecule has 0 aliphatic carbocycles. The molecular formula is C13H22O2. The largest absolute Gasteiger partial charge is 0.390 e. The molecule has 0 fully saturated rings. The summed E-state index contributed by atoms with van der Waals surface area (Å²) in [6.07, 6.45) is 9.59. The molecule has 2 nitrogen and oxygen atoms in total. The van der Waals surface area contributed by atoms with Crippen LogP contribution in [-0.2, 0) is 0 Å². The van der Waals surface area contributed by atoms with Crippen LogP contribution in [0.15, 0.2) is 11.6 Å². The summed E-state index contributed by atoms with van der Waals surface area (Å²) in [4.78, 5) is 0. The highest BCUT2D eigenvalue weighted by atomic mass is 16.3. The van der Waals surface area contributed by atoms with E-state index in [4.69, 9.17) is 6.42 Å². The molecule has 0 rings (SSSR count). The maximum atomic E-state index is 9.60. The summed E-state index contributed by atoms with van der Waals surface area (Å²) in [6.45, 7) is 5.26. The van der Waals surface area contributed by atoms with E-state index in [9.17, 15) is 10.2 Å². The van der Waals surface area contributed by atoms with E-state index in [1.54, 1.807) is 13.8 Å². The number of aliphatic hydroxyl groups is 2. The third-order valence-corrected chi connectivity index (χ3v) is 2.41. The van der Waals surface area contributed by atoms with Crippen LogP contribution < -0.4 is 0 Å². The van der Waals surface area contributed by atoms with Crippen LogP contribution in [0.4, 0.5) is 0 Å². The highest BCUT2D eigenvalue weighted by molar-refractivity contribution is 5.00. The molecule has 0 aromatic carbocycles. The molecule has 0 amide bonds. The first-order chi connectivity index (χ1) is 6.88. The molecule has 0 heterocycles. The van der Waals surface area contributed by atoms with Gasteiger partial charge in [0.25, 0.3) is 0 Å². The predicted molar refractivity (Wildman–Crippen MR) is 63.4 cm³/mol. The average molecular weight is 210 g/mol. The van der Waals surface area contributed by atoms with E-state index in [0.29, 0.717) is 6.42 Å². The highest BCUT2D eigenvalue weighted by Crippen LogP contribution is 2.16. The van der Waals surface area contributed by atoms with Crippen LogP contribution in [0, 0.1) is 12.3 Å². The molecule has 0 saturated carbocycles. The first-order valence-electron chi connectivity index (χ1n) is 5.37. The number of rotatable bonds is 6. The van der Waals surface area contributed by atoms with Gasteiger partial charge in [-0.05, 0) is 40.0 Å². The molecule has 0 radical (unpaired) electrons. The van der Waals surface area contributed by atoms with Gasteiger partial charge < -0.3 is 10.2 Å². The minimum absolute atomic E-state index is 0.585. The van der Waals surface area contributed by atoms with Crippen LogP contribution in [0.3, 0.4) is 0 Å². The van der Waals surface area contributed by atoms with E-state index >= 15 is 0 Å². The van der Waals surface area contributed by atoms with Gasteiger partial charge in [0, 0.05) is 6.42 Å². The maximum Gasteiger partial charge on any atom is 0.0849 e. The second-order valence-electron chi connectivity index (χ2n) is 4.50. The normalized spacial score (nSPS) is 14.8. The number of aliphatic hydroxyl groups excluding tert-OH is 1. The lowest BCUT2D eigenvalue weighted by Gasteiger charge is -2.24. The number of hydrogen-bond acceptors (Lipinski definition) is 2. The van der Waals surface area contributed by atoms with E-state index in [1.165, 1.54) is 5.57 Å². The number of hydrogen-bond donors (Lipinski definition) is 2. The lowest BCUT2D eigenvalue weighted by atomic mass is 9.95. The Morgan fingerprint density at radius 3 is 2.60 bits per heavy atom. The Labute approximate surface area is 93.0 Å². The fourth-order valence-corrected chi connectivity index (χ4v) is 1.22. The Hall–Kier alpha value is -0.780. The van der Waals surface area contributed by atoms with Crippen LogP contribution in [0.1, 0.15) is 46.5 Å². The van der Waals surface area contributed by atoms with Crippen LogP contribution in [0.5, 0.6) is 0 Å². The van der Waals surface area contributed by atoms with Crippen molar-refractivity contribution in [2.75, 3.05) is 0 Å². The minimum Gasteiger partial charge on any atom is -0.390 e. The Bertz CT molecular complexity index is 240. The van der Waals surface area contributed by atoms with Crippen molar-refractivity contribution in [2.24, 2.45) is 0 Å². The van der Waals surface area contributed by atoms with Gasteiger partial charge in [0.05, 0.1) is 11.7 Å². The highest BCUT2D eigenvalue weighted by Gasteiger charge is 2.23. The van der Waals surface area contributed by atoms with Crippen molar-refractivity contribution in [3.63, 3.8) is 0 Å². The quantitative estimate of drug-likeness (QED) is 0.401. The smallest absolute Gasteiger partial charge is 0.0849 e. The van der Waals surface area contributed by atoms with Gasteiger partial charge in [0.2, 0.25) is 0 Å². The van der Waals surface area contributed by atoms with Crippen molar-refractivity contribution >= 4 is 0 Å². The van der Waals surface area contributed by atoms with Crippen LogP contribution in [-0.4, -0.2) is 21.9 Å². The maximum absolute atomic E-state index is 9.60. The molecule has 0 aliphatic heterocycles. The molecule has 1 atom stereocenters. The molecule has 0 aromatic heterocycles. The molecule has 0 aliphatic rings. The molecule has 15 heavy (non-hydrogen) atoms. The monoisotopic (exact) mass is 210 g/mol. The summed E-state index contributed by atoms with van der Waals surface area (Å²) in [5.74, 6) is 2.58. The molecule has 2 heteroatoms. The van der Waals surface area contributed by atoms with Crippen molar-refractivity contribution in [3.05, 3.63) is 11.6 Å². The van der Waals surface area contributed by atoms with Crippen LogP contribution in [0.2, 0.25) is 0 Å². The lowest BCUT2D eigenvalue weighted by Crippen LogP contribution is -2.35. The van der Waals surface area contributed by atoms with Crippen molar-refractivity contribution in [1.29, 1.82) is 0 Å². The van der Waals surface area contributed by atoms with Gasteiger partial charge in [0.1, 0.15) is 0 Å². The van der Waals surface area contributed by atoms with Gasteiger partial charge in [-0.25, -0.2) is 0 Å². The minimum atomic E-state index is -1.01. The van der Waals surface area contributed by atoms with Crippen molar-refractivity contribution in [3.8, 4) is 12.3 Å². The predicted octanol–water partition coefficient (Wildman–Crippen LogP) is 2.26. The zero-order chi connectivity index (χ0) is 11.9. The second kappa shape index (κ2) is 6.66. The third kappa shape index (κ3) is 7.18. The zero-order valence-electron chi connectivity index (χ0n) is 9.95. The molecule has 2 N–H and O–H groups in total. The standard InChI is InChI=1S/C13H22O2/c1-5-6-7-8-11(2)9-10-12(14)13(3,4)15/h1,8,12,14-15H,6-7,9-10H2,2-4H3/b11-8+/t12-/m1/s1. The van der Waals surface area contributed by atoms with Crippen LogP contribution in [0.25, 0.3) is 0 Å². The van der Waals surface area contributed by atoms with Gasteiger partial charge in [-0.1, -0.05) is 11.6 Å². The molecule has 0 aromatic rings. The Kier molecular flexibility index (Phi) is 6.31. The molecule has 0 spiro atoms. The Morgan fingerprint density at radius 2 is 2.13 bits per heavy atom. The van der Waals surface area contributed by atoms with Gasteiger partial charge in [-0.15, -0.1) is 12.3 Å². The number of unbranched alkanes of at least 4 members (excludes halogenated alkanes) is 1. The van der Waals surface area contributed by atoms with Crippen molar-refractivity contribution in [1.82, 2.24) is 0 Å². The fourth-order valence-electron chi connectivity index (χ4n) is 1.22. The summed E-state index contributed by atoms with van der Waals surface area (Å²) in [5.41, 5.74) is 0.201. The van der Waals surface area contributed by atoms with Gasteiger partial charge in [-0.3, -0.25) is 0 Å². The molecule has 0 unspecified atom stereocenters. The Morgan fingerprint density at radius 1 is 1.53 bits per heavy atom. The van der Waals surface area contributed by atoms with E-state index in [1.807, 2.05) is 6.92 Å². The van der Waals surface area contributed by atoms with Crippen molar-refractivity contribution in [2.45, 2.75) is 58.2 Å². The number of terminal acetylenes is 1. The first kappa shape index (κ1) is 14.2. The van der Waals surface area contributed by atoms with Crippen LogP contribution >= 0.6 is 0 Å². The molecule has 86 valence electrons. The van der Waals surface area contributed by atoms with E-state index in [2.05, 4.69) is 12.0 Å². The molecule has 0 bridgehead atoms. The summed E-state index contributed by atoms with van der Waals surface area (Å²) in [6, 6.07) is 0. The molecular weight excluding hydrogens is 188 g/mol. The number of allylic oxidation sites excluding steroid dienone is 2. The van der Waals surface area contributed by atoms with Gasteiger partial charge >= 0.3 is 0 Å². The summed E-state index contributed by atoms with van der Waals surface area (Å²) < 4.78 is 0. The van der Waals surface area contributed by atoms with E-state index < -0.39 is 11.7 Å². The third-order valence-electron chi connectivity index (χ3n) is 2.41. The fraction of sp³-hybridized carbons (Fsp3) is 0.692. The first-order valence-corrected chi connectivity index (χ1v) is 5.37. The zero-order valence-corrected chi connectivity index (χ0v) is 9.95. The van der Waals surface area contributed by atoms with E-state index in [-0.39, 0.29) is 0 Å². The van der Waals surface area contributed by atoms with Gasteiger partial charge in [0.15, 0.2) is 0 Å². The van der Waals surface area contributed by atoms with Crippen molar-refractivity contribution < 1.29 is 10.2 Å². The van der Waals surface area contributed by atoms with Gasteiger partial charge in [-0.2, -0.15) is 0 Å². The molecule has 0 saturated heterocycles. The summed E-state index contributed by atoms with van der Waals surface area (Å²) in [7, 11) is 0. The summed E-state index contributed by atoms with van der Waals surface area (Å²) in [5, 5.41) is 19.1. The summed E-state index contributed by atoms with van der Waals surface area (Å²) >= 11 is 0.